The first-order valence-corrected chi connectivity index (χ1v) is 39.5. The van der Waals surface area contributed by atoms with Crippen molar-refractivity contribution in [3.8, 4) is 17.1 Å². The van der Waals surface area contributed by atoms with Crippen molar-refractivity contribution >= 4 is 147 Å². The van der Waals surface area contributed by atoms with E-state index in [9.17, 15) is 19.2 Å². The van der Waals surface area contributed by atoms with Crippen molar-refractivity contribution in [3.63, 3.8) is 0 Å². The van der Waals surface area contributed by atoms with Gasteiger partial charge in [0.1, 0.15) is 47.7 Å². The van der Waals surface area contributed by atoms with Gasteiger partial charge in [0, 0.05) is 51.3 Å². The maximum absolute atomic E-state index is 13.7. The van der Waals surface area contributed by atoms with Crippen LogP contribution in [0.3, 0.4) is 0 Å². The van der Waals surface area contributed by atoms with E-state index in [0.717, 1.165) is 129 Å². The Morgan fingerprint density at radius 3 is 1.15 bits per heavy atom. The topological polar surface area (TPSA) is 325 Å². The van der Waals surface area contributed by atoms with Crippen LogP contribution < -0.4 is 43.5 Å². The third-order valence-electron chi connectivity index (χ3n) is 21.3. The Labute approximate surface area is 702 Å². The number of pyridine rings is 4. The molecule has 0 spiro atoms. The van der Waals surface area contributed by atoms with Gasteiger partial charge in [0.2, 0.25) is 0 Å². The van der Waals surface area contributed by atoms with Gasteiger partial charge in [-0.3, -0.25) is 32.9 Å². The van der Waals surface area contributed by atoms with Gasteiger partial charge in [-0.2, -0.15) is 13.5 Å². The molecule has 8 aromatic carbocycles. The van der Waals surface area contributed by atoms with Crippen LogP contribution in [0.4, 0.5) is 23.3 Å². The number of nitrogens with zero attached hydrogens (tertiary/aromatic N) is 15. The van der Waals surface area contributed by atoms with Crippen LogP contribution in [0, 0.1) is 20.8 Å². The summed E-state index contributed by atoms with van der Waals surface area (Å²) in [6.07, 6.45) is 12.8. The molecule has 7 N–H and O–H groups in total. The maximum Gasteiger partial charge on any atom is 0.264 e. The van der Waals surface area contributed by atoms with Crippen molar-refractivity contribution in [1.29, 1.82) is 0 Å². The molecule has 0 aliphatic heterocycles. The quantitative estimate of drug-likeness (QED) is 0.0472. The van der Waals surface area contributed by atoms with Gasteiger partial charge >= 0.3 is 0 Å². The van der Waals surface area contributed by atoms with Gasteiger partial charge in [-0.05, 0) is 179 Å². The number of H-pyrrole nitrogens is 3. The molecule has 598 valence electrons. The number of imidazole rings is 3. The van der Waals surface area contributed by atoms with Crippen LogP contribution in [-0.4, -0.2) is 88.0 Å². The van der Waals surface area contributed by atoms with Gasteiger partial charge in [-0.15, -0.1) is 0 Å². The van der Waals surface area contributed by atoms with Crippen molar-refractivity contribution in [2.45, 2.75) is 91.5 Å². The number of aryl methyl sites for hydroxylation is 3. The summed E-state index contributed by atoms with van der Waals surface area (Å²) < 4.78 is 7.17. The van der Waals surface area contributed by atoms with Gasteiger partial charge in [-0.25, -0.2) is 54.8 Å². The van der Waals surface area contributed by atoms with Crippen molar-refractivity contribution in [3.05, 3.63) is 341 Å². The third-order valence-corrected chi connectivity index (χ3v) is 21.9. The highest BCUT2D eigenvalue weighted by Gasteiger charge is 2.31. The van der Waals surface area contributed by atoms with Crippen LogP contribution in [0.5, 0.6) is 0 Å². The first-order valence-electron chi connectivity index (χ1n) is 38.8. The second-order valence-electron chi connectivity index (χ2n) is 29.3. The lowest BCUT2D eigenvalue weighted by molar-refractivity contribution is 0.636. The zero-order chi connectivity index (χ0) is 82.1. The highest BCUT2D eigenvalue weighted by Crippen LogP contribution is 2.39. The minimum atomic E-state index is -0.248. The van der Waals surface area contributed by atoms with Crippen LogP contribution in [-0.2, 0) is 0 Å². The van der Waals surface area contributed by atoms with Gasteiger partial charge in [0.15, 0.2) is 34.4 Å². The van der Waals surface area contributed by atoms with Crippen molar-refractivity contribution in [2.75, 3.05) is 21.3 Å². The van der Waals surface area contributed by atoms with E-state index in [1.807, 2.05) is 235 Å². The molecule has 19 aromatic rings. The van der Waals surface area contributed by atoms with E-state index < -0.39 is 0 Å². The Morgan fingerprint density at radius 1 is 0.358 bits per heavy atom. The summed E-state index contributed by atoms with van der Waals surface area (Å²) in [7, 11) is 0. The van der Waals surface area contributed by atoms with Crippen molar-refractivity contribution in [1.82, 2.24) is 88.0 Å². The monoisotopic (exact) mass is 1650 g/mol. The van der Waals surface area contributed by atoms with E-state index in [2.05, 4.69) is 103 Å². The standard InChI is InChI=1S/C26H22N4O.C24H22N6O.C22H17ClN6O.C19H17ClN6O.H2S/c1-17-9-8-10-19-15-23(30(26(31)24(17)19)20-11-4-3-5-12-20)18(2)29-25-21-13-6-7-14-22(21)27-16-28-25;1-14-7-9-18(10-8-14)30-19(11-17-6-4-5-15(2)20(17)24(30)31)16(3)29-23-21-22(26-12-25-21)27-13-28-23;1-13(28-21-19-20(25-11-24-19)26-12-27-21)17-10-14-6-5-9-16(23)18(14)22(30)29(17)15-7-3-2-4-8-15;1-10(25-18-16-17(22-8-21-16)23-9-24-18)14-7-11-3-2-4-13(20)15(11)19(27)26(14)12-5-6-12;/h3-16,18H,1-2H3,(H,27,28,29);4-13,16H,1-3H3,(H2,25,26,27,28,29);2-13H,1H3,(H2,24,25,26,27,28);2-4,7-10,12H,5-6H2,1H3,(H2,21,22,23,24,25);1H2/t18-;16-;;10-;/m00.0./s1. The largest absolute Gasteiger partial charge is 0.361 e. The predicted octanol–water partition coefficient (Wildman–Crippen LogP) is 18.3. The van der Waals surface area contributed by atoms with E-state index in [1.165, 1.54) is 19.0 Å². The molecule has 11 aromatic heterocycles. The molecule has 20 rings (SSSR count). The molecular weight excluding hydrogens is 1570 g/mol. The van der Waals surface area contributed by atoms with Crippen molar-refractivity contribution < 1.29 is 0 Å². The molecular formula is C91H80Cl2N22O4S. The average Bonchev–Trinajstić information content (AvgIpc) is 1.36. The third kappa shape index (κ3) is 15.7. The zero-order valence-electron chi connectivity index (χ0n) is 66.1. The molecule has 11 heterocycles. The maximum atomic E-state index is 13.7. The molecule has 0 saturated heterocycles. The minimum absolute atomic E-state index is 0. The molecule has 1 unspecified atom stereocenters. The molecule has 1 fully saturated rings. The van der Waals surface area contributed by atoms with Crippen LogP contribution in [0.15, 0.2) is 270 Å². The number of para-hydroxylation sites is 3. The fraction of sp³-hybridized carbons (Fsp3) is 0.154. The molecule has 29 heteroatoms. The number of hydrogen-bond acceptors (Lipinski definition) is 19. The number of rotatable bonds is 16. The van der Waals surface area contributed by atoms with Gasteiger partial charge < -0.3 is 40.8 Å². The van der Waals surface area contributed by atoms with Gasteiger partial charge in [0.25, 0.3) is 22.2 Å². The summed E-state index contributed by atoms with van der Waals surface area (Å²) in [5, 5.41) is 21.7. The smallest absolute Gasteiger partial charge is 0.264 e. The van der Waals surface area contributed by atoms with E-state index in [-0.39, 0.29) is 65.9 Å². The number of aromatic amines is 3. The number of benzene rings is 8. The highest BCUT2D eigenvalue weighted by atomic mass is 35.5. The van der Waals surface area contributed by atoms with Crippen LogP contribution >= 0.6 is 36.7 Å². The SMILES string of the molecule is CC(Nc1ncnc2nc[nH]c12)c1cc2cccc(Cl)c2c(=O)n1-c1ccccc1.C[C@H](Nc1ncnc2nc[nH]c12)c1cc2cccc(Cl)c2c(=O)n1C1CC1.Cc1ccc(-n2c([C@H](C)Nc3ncnc4nc[nH]c34)cc3cccc(C)c3c2=O)cc1.Cc1cccc2cc([C@H](C)Nc3ncnc4ccccc34)n(-c3ccccc3)c(=O)c12.S. The van der Waals surface area contributed by atoms with E-state index in [4.69, 9.17) is 23.2 Å². The molecule has 1 aliphatic carbocycles. The fourth-order valence-corrected chi connectivity index (χ4v) is 15.8. The first-order chi connectivity index (χ1) is 57.9. The number of nitrogens with one attached hydrogen (secondary N) is 7. The molecule has 0 radical (unpaired) electrons. The minimum Gasteiger partial charge on any atom is -0.361 e. The Hall–Kier alpha value is -14.3. The molecule has 4 atom stereocenters. The Bertz CT molecular complexity index is 7310. The molecule has 0 bridgehead atoms. The number of aromatic nitrogens is 18. The lowest BCUT2D eigenvalue weighted by atomic mass is 10.0. The van der Waals surface area contributed by atoms with Crippen LogP contribution in [0.2, 0.25) is 10.0 Å². The van der Waals surface area contributed by atoms with E-state index >= 15 is 0 Å². The number of hydrogen-bond donors (Lipinski definition) is 7. The molecule has 120 heavy (non-hydrogen) atoms. The van der Waals surface area contributed by atoms with Crippen LogP contribution in [0.1, 0.15) is 110 Å². The summed E-state index contributed by atoms with van der Waals surface area (Å²) in [6.45, 7) is 14.1. The molecule has 1 saturated carbocycles. The number of fused-ring (bicyclic) bond motifs is 8. The summed E-state index contributed by atoms with van der Waals surface area (Å²) in [6, 6.07) is 65.8. The van der Waals surface area contributed by atoms with Gasteiger partial charge in [-0.1, -0.05) is 150 Å². The second-order valence-corrected chi connectivity index (χ2v) is 30.1. The predicted molar refractivity (Wildman–Crippen MR) is 482 cm³/mol. The summed E-state index contributed by atoms with van der Waals surface area (Å²) in [5.74, 6) is 2.66. The summed E-state index contributed by atoms with van der Waals surface area (Å²) >= 11 is 12.7. The molecule has 1 aliphatic rings. The number of anilines is 4. The average molecular weight is 1650 g/mol. The number of halogens is 2. The zero-order valence-corrected chi connectivity index (χ0v) is 68.6. The fourth-order valence-electron chi connectivity index (χ4n) is 15.3. The van der Waals surface area contributed by atoms with E-state index in [1.54, 1.807) is 51.1 Å². The molecule has 0 amide bonds. The Kier molecular flexibility index (Phi) is 22.6. The first kappa shape index (κ1) is 79.6. The van der Waals surface area contributed by atoms with E-state index in [0.29, 0.717) is 60.7 Å². The lowest BCUT2D eigenvalue weighted by Crippen LogP contribution is -2.26. The Morgan fingerprint density at radius 2 is 0.708 bits per heavy atom. The highest BCUT2D eigenvalue weighted by molar-refractivity contribution is 7.59. The van der Waals surface area contributed by atoms with Gasteiger partial charge in [0.05, 0.1) is 80.3 Å². The summed E-state index contributed by atoms with van der Waals surface area (Å²) in [4.78, 5) is 110. The van der Waals surface area contributed by atoms with Crippen molar-refractivity contribution in [2.24, 2.45) is 0 Å². The second kappa shape index (κ2) is 34.1. The Balaban J connectivity index is 0.000000119. The summed E-state index contributed by atoms with van der Waals surface area (Å²) in [5.41, 5.74) is 13.5. The van der Waals surface area contributed by atoms with Crippen LogP contribution in [0.25, 0.3) is 105 Å². The normalized spacial score (nSPS) is 12.9. The molecule has 26 nitrogen and oxygen atoms in total. The lowest BCUT2D eigenvalue weighted by Gasteiger charge is -2.22.